The fourth-order valence-electron chi connectivity index (χ4n) is 1.23. The number of rotatable bonds is 2. The molecular weight excluding hydrogens is 284 g/mol. The van der Waals surface area contributed by atoms with Gasteiger partial charge in [0.15, 0.2) is 0 Å². The van der Waals surface area contributed by atoms with Gasteiger partial charge < -0.3 is 0 Å². The predicted molar refractivity (Wildman–Crippen MR) is 62.6 cm³/mol. The molecule has 0 amide bonds. The third-order valence-electron chi connectivity index (χ3n) is 2.00. The Hall–Kier alpha value is -0.770. The van der Waals surface area contributed by atoms with E-state index in [1.54, 1.807) is 0 Å². The Morgan fingerprint density at radius 1 is 0.714 bits per heavy atom. The quantitative estimate of drug-likeness (QED) is 0.739. The zero-order valence-corrected chi connectivity index (χ0v) is 10.4. The molecule has 0 atom stereocenters. The molecule has 0 saturated heterocycles. The van der Waals surface area contributed by atoms with Gasteiger partial charge in [-0.05, 0) is 0 Å². The molecular formula is C13H12Te. The van der Waals surface area contributed by atoms with Gasteiger partial charge >= 0.3 is 95.2 Å². The molecule has 0 radical (unpaired) electrons. The predicted octanol–water partition coefficient (Wildman–Crippen LogP) is 1.65. The van der Waals surface area contributed by atoms with E-state index >= 15 is 0 Å². The van der Waals surface area contributed by atoms with E-state index in [0.29, 0.717) is 0 Å². The fourth-order valence-corrected chi connectivity index (χ4v) is 3.62. The van der Waals surface area contributed by atoms with Crippen LogP contribution in [0.2, 0.25) is 0 Å². The first-order valence-corrected chi connectivity index (χ1v) is 6.97. The first-order chi connectivity index (χ1) is 6.84. The van der Waals surface area contributed by atoms with E-state index in [4.69, 9.17) is 0 Å². The molecule has 0 nitrogen and oxygen atoms in total. The molecule has 0 bridgehead atoms. The SMILES string of the molecule is Cc1ccc([Te]c2ccccc2)cc1. The average molecular weight is 296 g/mol. The van der Waals surface area contributed by atoms with E-state index in [9.17, 15) is 0 Å². The first kappa shape index (κ1) is 9.77. The normalized spacial score (nSPS) is 10.1. The summed E-state index contributed by atoms with van der Waals surface area (Å²) >= 11 is -0.168. The Bertz CT molecular complexity index is 389. The van der Waals surface area contributed by atoms with Gasteiger partial charge in [0.2, 0.25) is 0 Å². The van der Waals surface area contributed by atoms with E-state index < -0.39 is 0 Å². The average Bonchev–Trinajstić information content (AvgIpc) is 2.23. The van der Waals surface area contributed by atoms with Crippen molar-refractivity contribution < 1.29 is 0 Å². The van der Waals surface area contributed by atoms with Crippen LogP contribution in [-0.4, -0.2) is 20.9 Å². The monoisotopic (exact) mass is 298 g/mol. The van der Waals surface area contributed by atoms with Crippen molar-refractivity contribution in [1.29, 1.82) is 0 Å². The molecule has 2 aromatic rings. The zero-order chi connectivity index (χ0) is 9.80. The Balaban J connectivity index is 2.16. The van der Waals surface area contributed by atoms with Crippen molar-refractivity contribution in [1.82, 2.24) is 0 Å². The maximum atomic E-state index is 2.25. The van der Waals surface area contributed by atoms with Crippen LogP contribution in [0.25, 0.3) is 0 Å². The van der Waals surface area contributed by atoms with Crippen LogP contribution in [0, 0.1) is 6.92 Å². The molecule has 0 fully saturated rings. The molecule has 2 aromatic carbocycles. The van der Waals surface area contributed by atoms with Crippen molar-refractivity contribution in [2.24, 2.45) is 0 Å². The Morgan fingerprint density at radius 2 is 1.29 bits per heavy atom. The molecule has 0 aromatic heterocycles. The van der Waals surface area contributed by atoms with Crippen LogP contribution >= 0.6 is 0 Å². The topological polar surface area (TPSA) is 0 Å². The summed E-state index contributed by atoms with van der Waals surface area (Å²) in [5.41, 5.74) is 1.34. The third kappa shape index (κ3) is 2.61. The zero-order valence-electron chi connectivity index (χ0n) is 8.10. The van der Waals surface area contributed by atoms with Gasteiger partial charge in [0.05, 0.1) is 0 Å². The number of benzene rings is 2. The second kappa shape index (κ2) is 4.64. The van der Waals surface area contributed by atoms with E-state index in [2.05, 4.69) is 61.5 Å². The van der Waals surface area contributed by atoms with E-state index in [0.717, 1.165) is 0 Å². The van der Waals surface area contributed by atoms with Crippen LogP contribution in [0.15, 0.2) is 54.6 Å². The van der Waals surface area contributed by atoms with Crippen LogP contribution in [0.3, 0.4) is 0 Å². The van der Waals surface area contributed by atoms with Crippen LogP contribution in [0.5, 0.6) is 0 Å². The minimum atomic E-state index is -0.168. The van der Waals surface area contributed by atoms with Crippen LogP contribution in [0.1, 0.15) is 5.56 Å². The van der Waals surface area contributed by atoms with Crippen molar-refractivity contribution in [2.45, 2.75) is 6.92 Å². The van der Waals surface area contributed by atoms with Gasteiger partial charge in [0, 0.05) is 0 Å². The standard InChI is InChI=1S/C13H12Te/c1-11-7-9-13(10-8-11)14-12-5-3-2-4-6-12/h2-10H,1H3. The summed E-state index contributed by atoms with van der Waals surface area (Å²) in [4.78, 5) is 0. The minimum absolute atomic E-state index is 0.168. The van der Waals surface area contributed by atoms with Crippen molar-refractivity contribution >= 4 is 28.1 Å². The molecule has 1 heteroatoms. The Labute approximate surface area is 95.1 Å². The summed E-state index contributed by atoms with van der Waals surface area (Å²) in [7, 11) is 0. The van der Waals surface area contributed by atoms with Gasteiger partial charge in [-0.15, -0.1) is 0 Å². The molecule has 0 heterocycles. The van der Waals surface area contributed by atoms with Crippen molar-refractivity contribution in [3.8, 4) is 0 Å². The number of hydrogen-bond acceptors (Lipinski definition) is 0. The van der Waals surface area contributed by atoms with Crippen molar-refractivity contribution in [3.63, 3.8) is 0 Å². The summed E-state index contributed by atoms with van der Waals surface area (Å²) in [6.07, 6.45) is 0. The fraction of sp³-hybridized carbons (Fsp3) is 0.0769. The van der Waals surface area contributed by atoms with Crippen molar-refractivity contribution in [2.75, 3.05) is 0 Å². The molecule has 0 unspecified atom stereocenters. The molecule has 70 valence electrons. The summed E-state index contributed by atoms with van der Waals surface area (Å²) in [5.74, 6) is 0. The van der Waals surface area contributed by atoms with E-state index in [1.807, 2.05) is 0 Å². The molecule has 0 saturated carbocycles. The molecule has 0 aliphatic rings. The summed E-state index contributed by atoms with van der Waals surface area (Å²) in [6.45, 7) is 2.13. The van der Waals surface area contributed by atoms with Gasteiger partial charge in [0.1, 0.15) is 0 Å². The summed E-state index contributed by atoms with van der Waals surface area (Å²) in [6, 6.07) is 19.7. The Morgan fingerprint density at radius 3 is 1.93 bits per heavy atom. The summed E-state index contributed by atoms with van der Waals surface area (Å²) < 4.78 is 3.01. The van der Waals surface area contributed by atoms with Gasteiger partial charge in [-0.2, -0.15) is 0 Å². The Kier molecular flexibility index (Phi) is 3.24. The van der Waals surface area contributed by atoms with Gasteiger partial charge in [-0.3, -0.25) is 0 Å². The third-order valence-corrected chi connectivity index (χ3v) is 4.90. The summed E-state index contributed by atoms with van der Waals surface area (Å²) in [5, 5.41) is 0. The molecule has 0 aliphatic heterocycles. The van der Waals surface area contributed by atoms with Gasteiger partial charge in [-0.1, -0.05) is 0 Å². The second-order valence-electron chi connectivity index (χ2n) is 3.23. The molecule has 0 spiro atoms. The number of aryl methyl sites for hydroxylation is 1. The molecule has 14 heavy (non-hydrogen) atoms. The van der Waals surface area contributed by atoms with Gasteiger partial charge in [0.25, 0.3) is 0 Å². The van der Waals surface area contributed by atoms with Crippen LogP contribution in [-0.2, 0) is 0 Å². The number of hydrogen-bond donors (Lipinski definition) is 0. The van der Waals surface area contributed by atoms with E-state index in [1.165, 1.54) is 12.8 Å². The molecule has 0 aliphatic carbocycles. The van der Waals surface area contributed by atoms with Crippen molar-refractivity contribution in [3.05, 3.63) is 60.2 Å². The molecule has 0 N–H and O–H groups in total. The molecule has 2 rings (SSSR count). The first-order valence-electron chi connectivity index (χ1n) is 4.64. The van der Waals surface area contributed by atoms with E-state index in [-0.39, 0.29) is 20.9 Å². The van der Waals surface area contributed by atoms with Gasteiger partial charge in [-0.25, -0.2) is 0 Å². The maximum absolute atomic E-state index is 2.25. The second-order valence-corrected chi connectivity index (χ2v) is 6.50. The van der Waals surface area contributed by atoms with Crippen LogP contribution in [0.4, 0.5) is 0 Å². The van der Waals surface area contributed by atoms with Crippen LogP contribution < -0.4 is 7.22 Å².